The average molecular weight is 602 g/mol. The van der Waals surface area contributed by atoms with Crippen molar-refractivity contribution in [3.05, 3.63) is 54.2 Å². The van der Waals surface area contributed by atoms with Crippen LogP contribution in [0.4, 0.5) is 0 Å². The molecule has 0 aliphatic rings. The van der Waals surface area contributed by atoms with Crippen molar-refractivity contribution < 1.29 is 34.2 Å². The van der Waals surface area contributed by atoms with E-state index < -0.39 is 60.2 Å². The lowest BCUT2D eigenvalue weighted by Crippen LogP contribution is -2.58. The van der Waals surface area contributed by atoms with Crippen molar-refractivity contribution >= 4 is 52.3 Å². The number of hydrogen-bond acceptors (Lipinski definition) is 8. The number of imidazole rings is 1. The molecule has 0 saturated carbocycles. The van der Waals surface area contributed by atoms with Crippen LogP contribution < -0.4 is 21.7 Å². The summed E-state index contributed by atoms with van der Waals surface area (Å²) in [4.78, 5) is 72.0. The summed E-state index contributed by atoms with van der Waals surface area (Å²) in [7, 11) is 0. The van der Waals surface area contributed by atoms with E-state index in [4.69, 9.17) is 10.8 Å². The quantitative estimate of drug-likeness (QED) is 0.104. The number of carboxylic acids is 2. The Morgan fingerprint density at radius 3 is 2.29 bits per heavy atom. The average Bonchev–Trinajstić information content (AvgIpc) is 3.62. The van der Waals surface area contributed by atoms with Crippen LogP contribution in [0.25, 0.3) is 10.9 Å². The first-order chi connectivity index (χ1) is 20.1. The van der Waals surface area contributed by atoms with Crippen LogP contribution in [0.2, 0.25) is 0 Å². The molecule has 0 spiro atoms. The predicted octanol–water partition coefficient (Wildman–Crippen LogP) is 0.160. The molecule has 3 aromatic rings. The lowest BCUT2D eigenvalue weighted by atomic mass is 10.0. The molecule has 1 aromatic carbocycles. The topological polar surface area (TPSA) is 232 Å². The number of aliphatic carboxylic acids is 2. The Labute approximate surface area is 245 Å². The number of carbonyl (C=O) groups excluding carboxylic acids is 3. The number of aromatic nitrogens is 3. The van der Waals surface area contributed by atoms with E-state index in [1.54, 1.807) is 6.20 Å². The molecule has 2 heterocycles. The number of benzene rings is 1. The Hall–Kier alpha value is -4.37. The first-order valence-electron chi connectivity index (χ1n) is 13.2. The summed E-state index contributed by atoms with van der Waals surface area (Å²) in [6.07, 6.45) is 6.05. The minimum Gasteiger partial charge on any atom is -0.481 e. The van der Waals surface area contributed by atoms with Crippen molar-refractivity contribution in [1.29, 1.82) is 0 Å². The Kier molecular flexibility index (Phi) is 11.9. The second kappa shape index (κ2) is 15.6. The number of aromatic amines is 2. The smallest absolute Gasteiger partial charge is 0.326 e. The molecule has 226 valence electrons. The molecule has 3 rings (SSSR count). The highest BCUT2D eigenvalue weighted by Gasteiger charge is 2.31. The van der Waals surface area contributed by atoms with E-state index in [-0.39, 0.29) is 25.7 Å². The number of nitrogens with two attached hydrogens (primary N) is 1. The predicted molar refractivity (Wildman–Crippen MR) is 156 cm³/mol. The molecule has 14 nitrogen and oxygen atoms in total. The summed E-state index contributed by atoms with van der Waals surface area (Å²) in [5.74, 6) is -4.14. The van der Waals surface area contributed by atoms with Crippen molar-refractivity contribution in [3.8, 4) is 0 Å². The second-order valence-electron chi connectivity index (χ2n) is 9.69. The third-order valence-electron chi connectivity index (χ3n) is 6.57. The number of para-hydroxylation sites is 1. The monoisotopic (exact) mass is 601 g/mol. The van der Waals surface area contributed by atoms with Crippen LogP contribution >= 0.6 is 11.8 Å². The number of rotatable bonds is 17. The van der Waals surface area contributed by atoms with Gasteiger partial charge in [-0.05, 0) is 42.9 Å². The fourth-order valence-electron chi connectivity index (χ4n) is 4.31. The fourth-order valence-corrected chi connectivity index (χ4v) is 4.78. The number of carbonyl (C=O) groups is 5. The number of fused-ring (bicyclic) bond motifs is 1. The van der Waals surface area contributed by atoms with Gasteiger partial charge < -0.3 is 41.9 Å². The summed E-state index contributed by atoms with van der Waals surface area (Å²) in [6.45, 7) is 0. The summed E-state index contributed by atoms with van der Waals surface area (Å²) in [6, 6.07) is 2.89. The Balaban J connectivity index is 1.72. The molecule has 3 amide bonds. The molecule has 0 radical (unpaired) electrons. The van der Waals surface area contributed by atoms with Crippen LogP contribution in [-0.2, 0) is 36.8 Å². The van der Waals surface area contributed by atoms with Gasteiger partial charge in [0, 0.05) is 41.8 Å². The van der Waals surface area contributed by atoms with Crippen molar-refractivity contribution in [2.45, 2.75) is 56.3 Å². The van der Waals surface area contributed by atoms with E-state index in [9.17, 15) is 29.1 Å². The van der Waals surface area contributed by atoms with Crippen LogP contribution in [0.3, 0.4) is 0 Å². The van der Waals surface area contributed by atoms with E-state index in [1.165, 1.54) is 24.3 Å². The number of nitrogens with one attached hydrogen (secondary N) is 5. The van der Waals surface area contributed by atoms with Crippen molar-refractivity contribution in [2.24, 2.45) is 5.73 Å². The largest absolute Gasteiger partial charge is 0.481 e. The van der Waals surface area contributed by atoms with Crippen LogP contribution in [0, 0.1) is 0 Å². The number of amides is 3. The van der Waals surface area contributed by atoms with E-state index in [0.717, 1.165) is 16.5 Å². The minimum absolute atomic E-state index is 0.0634. The van der Waals surface area contributed by atoms with Crippen LogP contribution in [0.1, 0.15) is 30.5 Å². The third kappa shape index (κ3) is 9.34. The number of carboxylic acid groups (broad SMARTS) is 2. The summed E-state index contributed by atoms with van der Waals surface area (Å²) in [5.41, 5.74) is 8.46. The summed E-state index contributed by atoms with van der Waals surface area (Å²) in [5, 5.41) is 26.9. The maximum atomic E-state index is 13.4. The lowest BCUT2D eigenvalue weighted by Gasteiger charge is -2.25. The van der Waals surface area contributed by atoms with Gasteiger partial charge >= 0.3 is 11.9 Å². The third-order valence-corrected chi connectivity index (χ3v) is 7.21. The fraction of sp³-hybridized carbons (Fsp3) is 0.407. The molecule has 0 fully saturated rings. The van der Waals surface area contributed by atoms with Gasteiger partial charge in [0.2, 0.25) is 17.7 Å². The molecule has 4 unspecified atom stereocenters. The molecular weight excluding hydrogens is 566 g/mol. The lowest BCUT2D eigenvalue weighted by molar-refractivity contribution is -0.143. The zero-order valence-corrected chi connectivity index (χ0v) is 23.8. The summed E-state index contributed by atoms with van der Waals surface area (Å²) < 4.78 is 0. The second-order valence-corrected chi connectivity index (χ2v) is 10.7. The van der Waals surface area contributed by atoms with Crippen LogP contribution in [0.15, 0.2) is 43.0 Å². The highest BCUT2D eigenvalue weighted by molar-refractivity contribution is 7.98. The minimum atomic E-state index is -1.48. The standard InChI is InChI=1S/C27H35N7O7S/c1-42-9-8-20(32-24(37)18(28)10-15-12-30-19-5-3-2-4-17(15)19)25(38)34-22(11-16-13-29-14-31-16)26(39)33-21(27(40)41)6-7-23(35)36/h2-5,12-14,18,20-22,30H,6-11,28H2,1H3,(H,29,31)(H,32,37)(H,33,39)(H,34,38)(H,35,36)(H,40,41). The first kappa shape index (κ1) is 32.1. The van der Waals surface area contributed by atoms with Gasteiger partial charge in [-0.25, -0.2) is 9.78 Å². The molecule has 0 aliphatic carbocycles. The zero-order valence-electron chi connectivity index (χ0n) is 23.0. The molecule has 15 heteroatoms. The number of nitrogens with zero attached hydrogens (tertiary/aromatic N) is 1. The Morgan fingerprint density at radius 2 is 1.62 bits per heavy atom. The maximum Gasteiger partial charge on any atom is 0.326 e. The van der Waals surface area contributed by atoms with Crippen LogP contribution in [-0.4, -0.2) is 91.0 Å². The number of hydrogen-bond donors (Lipinski definition) is 8. The number of thioether (sulfide) groups is 1. The SMILES string of the molecule is CSCCC(NC(=O)C(N)Cc1c[nH]c2ccccc12)C(=O)NC(Cc1cnc[nH]1)C(=O)NC(CCC(=O)O)C(=O)O. The van der Waals surface area contributed by atoms with Gasteiger partial charge in [-0.15, -0.1) is 0 Å². The van der Waals surface area contributed by atoms with Gasteiger partial charge in [-0.1, -0.05) is 18.2 Å². The van der Waals surface area contributed by atoms with E-state index in [0.29, 0.717) is 11.4 Å². The van der Waals surface area contributed by atoms with E-state index >= 15 is 0 Å². The van der Waals surface area contributed by atoms with Gasteiger partial charge in [0.1, 0.15) is 18.1 Å². The zero-order chi connectivity index (χ0) is 30.6. The van der Waals surface area contributed by atoms with Gasteiger partial charge in [-0.3, -0.25) is 19.2 Å². The van der Waals surface area contributed by atoms with Crippen molar-refractivity contribution in [1.82, 2.24) is 30.9 Å². The van der Waals surface area contributed by atoms with Gasteiger partial charge in [0.25, 0.3) is 0 Å². The molecule has 0 bridgehead atoms. The van der Waals surface area contributed by atoms with E-state index in [1.807, 2.05) is 30.5 Å². The molecule has 2 aromatic heterocycles. The maximum absolute atomic E-state index is 13.4. The van der Waals surface area contributed by atoms with E-state index in [2.05, 4.69) is 30.9 Å². The Bertz CT molecular complexity index is 1380. The summed E-state index contributed by atoms with van der Waals surface area (Å²) >= 11 is 1.46. The molecule has 9 N–H and O–H groups in total. The first-order valence-corrected chi connectivity index (χ1v) is 14.6. The van der Waals surface area contributed by atoms with Crippen molar-refractivity contribution in [2.75, 3.05) is 12.0 Å². The molecule has 0 aliphatic heterocycles. The normalized spacial score (nSPS) is 14.0. The molecular formula is C27H35N7O7S. The highest BCUT2D eigenvalue weighted by Crippen LogP contribution is 2.19. The number of H-pyrrole nitrogens is 2. The molecule has 4 atom stereocenters. The van der Waals surface area contributed by atoms with Crippen LogP contribution in [0.5, 0.6) is 0 Å². The molecule has 42 heavy (non-hydrogen) atoms. The van der Waals surface area contributed by atoms with Crippen molar-refractivity contribution in [3.63, 3.8) is 0 Å². The highest BCUT2D eigenvalue weighted by atomic mass is 32.2. The Morgan fingerprint density at radius 1 is 0.929 bits per heavy atom. The van der Waals surface area contributed by atoms with Gasteiger partial charge in [0.05, 0.1) is 12.4 Å². The molecule has 0 saturated heterocycles. The van der Waals surface area contributed by atoms with Gasteiger partial charge in [0.15, 0.2) is 0 Å². The van der Waals surface area contributed by atoms with Gasteiger partial charge in [-0.2, -0.15) is 11.8 Å².